The molecule has 0 bridgehead atoms. The van der Waals surface area contributed by atoms with Crippen LogP contribution in [0.15, 0.2) is 30.3 Å². The summed E-state index contributed by atoms with van der Waals surface area (Å²) in [5.41, 5.74) is 0.656. The highest BCUT2D eigenvalue weighted by molar-refractivity contribution is 5.89. The molecule has 2 fully saturated rings. The van der Waals surface area contributed by atoms with Crippen molar-refractivity contribution in [2.24, 2.45) is 0 Å². The number of nitrogens with zero attached hydrogens (tertiary/aromatic N) is 1. The maximum Gasteiger partial charge on any atom is 0.338 e. The van der Waals surface area contributed by atoms with Gasteiger partial charge in [0.1, 0.15) is 6.10 Å². The summed E-state index contributed by atoms with van der Waals surface area (Å²) >= 11 is 0. The fourth-order valence-electron chi connectivity index (χ4n) is 3.42. The molecule has 116 valence electrons. The first kappa shape index (κ1) is 16.3. The average Bonchev–Trinajstić information content (AvgIpc) is 2.97. The molecule has 1 aromatic carbocycles. The van der Waals surface area contributed by atoms with Crippen LogP contribution < -0.4 is 0 Å². The van der Waals surface area contributed by atoms with E-state index in [1.807, 2.05) is 30.3 Å². The molecule has 3 nitrogen and oxygen atoms in total. The van der Waals surface area contributed by atoms with Gasteiger partial charge in [-0.3, -0.25) is 4.90 Å². The summed E-state index contributed by atoms with van der Waals surface area (Å²) in [6.45, 7) is 2.00. The van der Waals surface area contributed by atoms with Gasteiger partial charge >= 0.3 is 5.97 Å². The normalized spacial score (nSPS) is 23.5. The van der Waals surface area contributed by atoms with E-state index in [9.17, 15) is 4.79 Å². The van der Waals surface area contributed by atoms with Gasteiger partial charge in [-0.05, 0) is 31.4 Å². The van der Waals surface area contributed by atoms with Crippen molar-refractivity contribution in [3.8, 4) is 0 Å². The number of likely N-dealkylation sites (tertiary alicyclic amines) is 1. The summed E-state index contributed by atoms with van der Waals surface area (Å²) < 4.78 is 5.64. The number of carbonyl (C=O) groups is 1. The number of benzene rings is 1. The molecule has 21 heavy (non-hydrogen) atoms. The third-order valence-corrected chi connectivity index (χ3v) is 4.55. The van der Waals surface area contributed by atoms with Gasteiger partial charge in [0.15, 0.2) is 0 Å². The number of ether oxygens (including phenoxy) is 1. The second kappa shape index (κ2) is 7.81. The number of esters is 1. The smallest absolute Gasteiger partial charge is 0.338 e. The summed E-state index contributed by atoms with van der Waals surface area (Å²) in [6, 6.07) is 10.0. The lowest BCUT2D eigenvalue weighted by atomic mass is 9.94. The van der Waals surface area contributed by atoms with Gasteiger partial charge in [-0.1, -0.05) is 37.5 Å². The molecule has 0 aromatic heterocycles. The predicted octanol–water partition coefficient (Wildman–Crippen LogP) is 3.67. The highest BCUT2D eigenvalue weighted by Gasteiger charge is 2.31. The SMILES string of the molecule is Cl.O=C(OC1CCN(C2CCCCC2)C1)c1ccccc1. The van der Waals surface area contributed by atoms with Crippen molar-refractivity contribution in [3.63, 3.8) is 0 Å². The molecule has 1 unspecified atom stereocenters. The largest absolute Gasteiger partial charge is 0.457 e. The zero-order valence-corrected chi connectivity index (χ0v) is 13.2. The van der Waals surface area contributed by atoms with Crippen molar-refractivity contribution in [1.29, 1.82) is 0 Å². The first-order valence-electron chi connectivity index (χ1n) is 7.83. The molecule has 2 aliphatic rings. The van der Waals surface area contributed by atoms with Gasteiger partial charge in [0.05, 0.1) is 5.56 Å². The van der Waals surface area contributed by atoms with Crippen molar-refractivity contribution in [3.05, 3.63) is 35.9 Å². The third kappa shape index (κ3) is 4.21. The Kier molecular flexibility index (Phi) is 6.07. The van der Waals surface area contributed by atoms with Crippen molar-refractivity contribution >= 4 is 18.4 Å². The first-order valence-corrected chi connectivity index (χ1v) is 7.83. The van der Waals surface area contributed by atoms with Crippen molar-refractivity contribution in [2.45, 2.75) is 50.7 Å². The second-order valence-corrected chi connectivity index (χ2v) is 5.97. The molecule has 0 spiro atoms. The zero-order valence-electron chi connectivity index (χ0n) is 12.4. The number of carbonyl (C=O) groups excluding carboxylic acids is 1. The standard InChI is InChI=1S/C17H23NO2.ClH/c19-17(14-7-3-1-4-8-14)20-16-11-12-18(13-16)15-9-5-2-6-10-15;/h1,3-4,7-8,15-16H,2,5-6,9-13H2;1H. The van der Waals surface area contributed by atoms with Crippen LogP contribution in [0.4, 0.5) is 0 Å². The van der Waals surface area contributed by atoms with Gasteiger partial charge in [-0.25, -0.2) is 4.79 Å². The Morgan fingerprint density at radius 1 is 1.05 bits per heavy atom. The van der Waals surface area contributed by atoms with Crippen LogP contribution in [0.2, 0.25) is 0 Å². The molecule has 1 aliphatic heterocycles. The quantitative estimate of drug-likeness (QED) is 0.798. The summed E-state index contributed by atoms with van der Waals surface area (Å²) in [7, 11) is 0. The lowest BCUT2D eigenvalue weighted by molar-refractivity contribution is 0.0305. The molecule has 0 radical (unpaired) electrons. The minimum atomic E-state index is -0.180. The van der Waals surface area contributed by atoms with Crippen LogP contribution in [-0.2, 0) is 4.74 Å². The summed E-state index contributed by atoms with van der Waals surface area (Å²) in [5.74, 6) is -0.180. The van der Waals surface area contributed by atoms with Crippen LogP contribution in [0.25, 0.3) is 0 Å². The minimum absolute atomic E-state index is 0. The van der Waals surface area contributed by atoms with E-state index in [0.29, 0.717) is 5.56 Å². The van der Waals surface area contributed by atoms with Gasteiger partial charge in [-0.15, -0.1) is 12.4 Å². The van der Waals surface area contributed by atoms with Crippen molar-refractivity contribution in [1.82, 2.24) is 4.90 Å². The molecule has 0 amide bonds. The average molecular weight is 310 g/mol. The Morgan fingerprint density at radius 3 is 2.48 bits per heavy atom. The molecular weight excluding hydrogens is 286 g/mol. The monoisotopic (exact) mass is 309 g/mol. The number of hydrogen-bond donors (Lipinski definition) is 0. The predicted molar refractivity (Wildman–Crippen MR) is 86.0 cm³/mol. The Bertz CT molecular complexity index is 445. The van der Waals surface area contributed by atoms with Crippen LogP contribution in [-0.4, -0.2) is 36.1 Å². The van der Waals surface area contributed by atoms with E-state index >= 15 is 0 Å². The fourth-order valence-corrected chi connectivity index (χ4v) is 3.42. The van der Waals surface area contributed by atoms with Crippen LogP contribution in [0.1, 0.15) is 48.9 Å². The van der Waals surface area contributed by atoms with E-state index < -0.39 is 0 Å². The Labute approximate surface area is 133 Å². The van der Waals surface area contributed by atoms with E-state index in [4.69, 9.17) is 4.74 Å². The third-order valence-electron chi connectivity index (χ3n) is 4.55. The minimum Gasteiger partial charge on any atom is -0.457 e. The molecule has 3 rings (SSSR count). The molecule has 1 atom stereocenters. The van der Waals surface area contributed by atoms with Crippen molar-refractivity contribution < 1.29 is 9.53 Å². The topological polar surface area (TPSA) is 29.5 Å². The van der Waals surface area contributed by atoms with Gasteiger partial charge in [0.25, 0.3) is 0 Å². The highest BCUT2D eigenvalue weighted by Crippen LogP contribution is 2.26. The molecule has 1 saturated carbocycles. The Morgan fingerprint density at radius 2 is 1.76 bits per heavy atom. The highest BCUT2D eigenvalue weighted by atomic mass is 35.5. The molecule has 4 heteroatoms. The Balaban J connectivity index is 0.00000161. The fraction of sp³-hybridized carbons (Fsp3) is 0.588. The molecule has 0 N–H and O–H groups in total. The van der Waals surface area contributed by atoms with Crippen LogP contribution in [0, 0.1) is 0 Å². The van der Waals surface area contributed by atoms with Gasteiger partial charge < -0.3 is 4.74 Å². The van der Waals surface area contributed by atoms with E-state index in [1.54, 1.807) is 0 Å². The molecule has 1 saturated heterocycles. The Hall–Kier alpha value is -1.06. The lowest BCUT2D eigenvalue weighted by Crippen LogP contribution is -2.36. The summed E-state index contributed by atoms with van der Waals surface area (Å²) in [5, 5.41) is 0. The van der Waals surface area contributed by atoms with E-state index in [-0.39, 0.29) is 24.5 Å². The summed E-state index contributed by atoms with van der Waals surface area (Å²) in [6.07, 6.45) is 7.79. The molecule has 1 heterocycles. The van der Waals surface area contributed by atoms with Crippen molar-refractivity contribution in [2.75, 3.05) is 13.1 Å². The number of rotatable bonds is 3. The van der Waals surface area contributed by atoms with Gasteiger partial charge in [-0.2, -0.15) is 0 Å². The molecular formula is C17H24ClNO2. The lowest BCUT2D eigenvalue weighted by Gasteiger charge is -2.30. The van der Waals surface area contributed by atoms with Crippen LogP contribution in [0.5, 0.6) is 0 Å². The van der Waals surface area contributed by atoms with Crippen LogP contribution >= 0.6 is 12.4 Å². The first-order chi connectivity index (χ1) is 9.83. The molecule has 1 aromatic rings. The maximum absolute atomic E-state index is 12.0. The number of hydrogen-bond acceptors (Lipinski definition) is 3. The summed E-state index contributed by atoms with van der Waals surface area (Å²) in [4.78, 5) is 14.6. The van der Waals surface area contributed by atoms with E-state index in [1.165, 1.54) is 32.1 Å². The molecule has 1 aliphatic carbocycles. The van der Waals surface area contributed by atoms with Crippen LogP contribution in [0.3, 0.4) is 0 Å². The number of halogens is 1. The van der Waals surface area contributed by atoms with E-state index in [0.717, 1.165) is 25.6 Å². The second-order valence-electron chi connectivity index (χ2n) is 5.97. The van der Waals surface area contributed by atoms with E-state index in [2.05, 4.69) is 4.90 Å². The van der Waals surface area contributed by atoms with Gasteiger partial charge in [0.2, 0.25) is 0 Å². The van der Waals surface area contributed by atoms with Gasteiger partial charge in [0, 0.05) is 19.1 Å². The zero-order chi connectivity index (χ0) is 13.8. The maximum atomic E-state index is 12.0.